The van der Waals surface area contributed by atoms with Crippen molar-refractivity contribution in [3.8, 4) is 22.4 Å². The molecule has 2 heteroatoms. The van der Waals surface area contributed by atoms with Gasteiger partial charge in [0.2, 0.25) is 5.69 Å². The Hall–Kier alpha value is -2.19. The van der Waals surface area contributed by atoms with Crippen molar-refractivity contribution < 1.29 is 4.57 Å². The van der Waals surface area contributed by atoms with E-state index in [1.165, 1.54) is 38.7 Å². The predicted octanol–water partition coefficient (Wildman–Crippen LogP) is 5.01. The Morgan fingerprint density at radius 1 is 0.760 bits per heavy atom. The second-order valence-electron chi connectivity index (χ2n) is 8.01. The Labute approximate surface area is 153 Å². The van der Waals surface area contributed by atoms with E-state index in [-0.39, 0.29) is 0 Å². The fourth-order valence-electron chi connectivity index (χ4n) is 3.51. The Kier molecular flexibility index (Phi) is 4.66. The average Bonchev–Trinajstić information content (AvgIpc) is 2.57. The molecule has 0 saturated carbocycles. The van der Waals surface area contributed by atoms with Crippen molar-refractivity contribution in [2.24, 2.45) is 7.05 Å². The number of aromatic nitrogens is 1. The lowest BCUT2D eigenvalue weighted by atomic mass is 9.97. The SMILES string of the molecule is Cc1ccc(-c2ccccc2)cc1-c1cc(C)c([Si](C)(C)C)c[n+]1C. The number of benzene rings is 2. The van der Waals surface area contributed by atoms with E-state index in [2.05, 4.69) is 106 Å². The Morgan fingerprint density at radius 3 is 2.08 bits per heavy atom. The van der Waals surface area contributed by atoms with Crippen LogP contribution < -0.4 is 9.75 Å². The van der Waals surface area contributed by atoms with E-state index in [1.807, 2.05) is 0 Å². The van der Waals surface area contributed by atoms with Gasteiger partial charge in [0.15, 0.2) is 6.20 Å². The molecule has 3 aromatic rings. The smallest absolute Gasteiger partial charge is 0.201 e. The van der Waals surface area contributed by atoms with Crippen molar-refractivity contribution in [1.29, 1.82) is 0 Å². The quantitative estimate of drug-likeness (QED) is 0.464. The summed E-state index contributed by atoms with van der Waals surface area (Å²) in [6.45, 7) is 11.7. The third-order valence-electron chi connectivity index (χ3n) is 4.91. The van der Waals surface area contributed by atoms with E-state index in [9.17, 15) is 0 Å². The summed E-state index contributed by atoms with van der Waals surface area (Å²) in [6.07, 6.45) is 2.35. The summed E-state index contributed by atoms with van der Waals surface area (Å²) >= 11 is 0. The molecular weight excluding hydrogens is 318 g/mol. The normalized spacial score (nSPS) is 11.6. The summed E-state index contributed by atoms with van der Waals surface area (Å²) in [7, 11) is 0.843. The minimum Gasteiger partial charge on any atom is -0.201 e. The first-order valence-corrected chi connectivity index (χ1v) is 12.4. The Balaban J connectivity index is 2.15. The summed E-state index contributed by atoms with van der Waals surface area (Å²) < 4.78 is 2.30. The topological polar surface area (TPSA) is 3.88 Å². The molecule has 0 bridgehead atoms. The molecule has 0 fully saturated rings. The highest BCUT2D eigenvalue weighted by Gasteiger charge is 2.24. The van der Waals surface area contributed by atoms with Crippen LogP contribution in [0.4, 0.5) is 0 Å². The van der Waals surface area contributed by atoms with Gasteiger partial charge in [-0.3, -0.25) is 0 Å². The highest BCUT2D eigenvalue weighted by Crippen LogP contribution is 2.28. The molecule has 25 heavy (non-hydrogen) atoms. The maximum Gasteiger partial charge on any atom is 0.212 e. The van der Waals surface area contributed by atoms with Crippen molar-refractivity contribution in [2.75, 3.05) is 0 Å². The number of aryl methyl sites for hydroxylation is 3. The van der Waals surface area contributed by atoms with Gasteiger partial charge >= 0.3 is 0 Å². The summed E-state index contributed by atoms with van der Waals surface area (Å²) in [4.78, 5) is 0. The van der Waals surface area contributed by atoms with Crippen LogP contribution in [-0.2, 0) is 7.05 Å². The predicted molar refractivity (Wildman–Crippen MR) is 111 cm³/mol. The van der Waals surface area contributed by atoms with E-state index in [4.69, 9.17) is 0 Å². The van der Waals surface area contributed by atoms with Gasteiger partial charge in [-0.25, -0.2) is 4.57 Å². The van der Waals surface area contributed by atoms with Crippen LogP contribution in [0.1, 0.15) is 11.1 Å². The maximum atomic E-state index is 2.41. The molecule has 1 heterocycles. The van der Waals surface area contributed by atoms with Crippen LogP contribution >= 0.6 is 0 Å². The van der Waals surface area contributed by atoms with Crippen molar-refractivity contribution in [2.45, 2.75) is 33.5 Å². The van der Waals surface area contributed by atoms with Crippen LogP contribution in [0.3, 0.4) is 0 Å². The van der Waals surface area contributed by atoms with E-state index >= 15 is 0 Å². The van der Waals surface area contributed by atoms with Crippen LogP contribution in [0.15, 0.2) is 60.8 Å². The van der Waals surface area contributed by atoms with Crippen LogP contribution in [-0.4, -0.2) is 8.07 Å². The van der Waals surface area contributed by atoms with E-state index in [0.717, 1.165) is 0 Å². The molecule has 3 rings (SSSR count). The van der Waals surface area contributed by atoms with Crippen LogP contribution in [0.2, 0.25) is 19.6 Å². The lowest BCUT2D eigenvalue weighted by molar-refractivity contribution is -0.659. The second kappa shape index (κ2) is 6.60. The zero-order chi connectivity index (χ0) is 18.2. The van der Waals surface area contributed by atoms with Crippen LogP contribution in [0.25, 0.3) is 22.4 Å². The van der Waals surface area contributed by atoms with Gasteiger partial charge in [-0.2, -0.15) is 0 Å². The number of hydrogen-bond donors (Lipinski definition) is 0. The van der Waals surface area contributed by atoms with Gasteiger partial charge in [0, 0.05) is 16.8 Å². The molecule has 128 valence electrons. The van der Waals surface area contributed by atoms with Gasteiger partial charge in [-0.1, -0.05) is 62.1 Å². The maximum absolute atomic E-state index is 2.41. The third-order valence-corrected chi connectivity index (χ3v) is 7.05. The first kappa shape index (κ1) is 17.6. The number of nitrogens with zero attached hydrogens (tertiary/aromatic N) is 1. The number of pyridine rings is 1. The van der Waals surface area contributed by atoms with Gasteiger partial charge in [-0.15, -0.1) is 0 Å². The standard InChI is InChI=1S/C23H28NSi/c1-17-12-13-20(19-10-8-7-9-11-19)15-21(17)22-14-18(2)23(16-24(22)3)25(4,5)6/h7-16H,1-6H3/q+1. The van der Waals surface area contributed by atoms with Gasteiger partial charge in [0.25, 0.3) is 0 Å². The third kappa shape index (κ3) is 3.59. The molecule has 0 N–H and O–H groups in total. The fourth-order valence-corrected chi connectivity index (χ4v) is 5.35. The van der Waals surface area contributed by atoms with Gasteiger partial charge in [0.1, 0.15) is 7.05 Å². The molecule has 0 aliphatic rings. The summed E-state index contributed by atoms with van der Waals surface area (Å²) in [5, 5.41) is 1.54. The van der Waals surface area contributed by atoms with Gasteiger partial charge < -0.3 is 0 Å². The molecule has 1 nitrogen and oxygen atoms in total. The minimum absolute atomic E-state index is 1.27. The van der Waals surface area contributed by atoms with Crippen LogP contribution in [0.5, 0.6) is 0 Å². The Bertz CT molecular complexity index is 905. The number of rotatable bonds is 3. The van der Waals surface area contributed by atoms with E-state index in [0.29, 0.717) is 0 Å². The van der Waals surface area contributed by atoms with E-state index < -0.39 is 8.07 Å². The molecule has 0 saturated heterocycles. The molecule has 0 spiro atoms. The zero-order valence-electron chi connectivity index (χ0n) is 16.2. The molecular formula is C23H28NSi+. The zero-order valence-corrected chi connectivity index (χ0v) is 17.2. The molecule has 1 aromatic heterocycles. The highest BCUT2D eigenvalue weighted by molar-refractivity contribution is 6.88. The summed E-state index contributed by atoms with van der Waals surface area (Å²) in [6, 6.07) is 19.8. The summed E-state index contributed by atoms with van der Waals surface area (Å²) in [5.74, 6) is 0. The van der Waals surface area contributed by atoms with Crippen molar-refractivity contribution >= 4 is 13.3 Å². The molecule has 0 aliphatic heterocycles. The molecule has 2 aromatic carbocycles. The fraction of sp³-hybridized carbons (Fsp3) is 0.261. The largest absolute Gasteiger partial charge is 0.212 e. The molecule has 0 unspecified atom stereocenters. The van der Waals surface area contributed by atoms with Crippen molar-refractivity contribution in [1.82, 2.24) is 0 Å². The van der Waals surface area contributed by atoms with Crippen molar-refractivity contribution in [3.05, 3.63) is 71.9 Å². The number of hydrogen-bond acceptors (Lipinski definition) is 0. The average molecular weight is 347 g/mol. The highest BCUT2D eigenvalue weighted by atomic mass is 28.3. The van der Waals surface area contributed by atoms with Gasteiger partial charge in [0.05, 0.1) is 8.07 Å². The molecule has 0 atom stereocenters. The van der Waals surface area contributed by atoms with Gasteiger partial charge in [-0.05, 0) is 42.2 Å². The monoisotopic (exact) mass is 346 g/mol. The molecule has 0 radical (unpaired) electrons. The van der Waals surface area contributed by atoms with Crippen molar-refractivity contribution in [3.63, 3.8) is 0 Å². The summed E-state index contributed by atoms with van der Waals surface area (Å²) in [5.41, 5.74) is 7.87. The minimum atomic E-state index is -1.33. The molecule has 0 aliphatic carbocycles. The van der Waals surface area contributed by atoms with Crippen LogP contribution in [0, 0.1) is 13.8 Å². The lowest BCUT2D eigenvalue weighted by Gasteiger charge is -2.18. The second-order valence-corrected chi connectivity index (χ2v) is 13.1. The Morgan fingerprint density at radius 2 is 1.44 bits per heavy atom. The first-order valence-electron chi connectivity index (χ1n) is 8.94. The van der Waals surface area contributed by atoms with E-state index in [1.54, 1.807) is 0 Å². The lowest BCUT2D eigenvalue weighted by Crippen LogP contribution is -2.46. The first-order chi connectivity index (χ1) is 11.8. The molecule has 0 amide bonds.